The number of aliphatic hydroxyl groups is 4. The lowest BCUT2D eigenvalue weighted by Crippen LogP contribution is -2.68. The Morgan fingerprint density at radius 2 is 1.13 bits per heavy atom. The first-order valence-corrected chi connectivity index (χ1v) is 19.6. The van der Waals surface area contributed by atoms with Crippen LogP contribution in [0.15, 0.2) is 0 Å². The Bertz CT molecular complexity index is 1690. The molecular formula is C20H35NO28S4. The van der Waals surface area contributed by atoms with Crippen molar-refractivity contribution >= 4 is 47.5 Å². The number of carboxylic acid groups (broad SMARTS) is 1. The highest BCUT2D eigenvalue weighted by molar-refractivity contribution is 7.83. The van der Waals surface area contributed by atoms with Gasteiger partial charge in [-0.05, 0) is 0 Å². The monoisotopic (exact) mass is 865 g/mol. The fourth-order valence-corrected chi connectivity index (χ4v) is 7.06. The molecule has 29 nitrogen and oxygen atoms in total. The Morgan fingerprint density at radius 1 is 0.623 bits per heavy atom. The Kier molecular flexibility index (Phi) is 15.4. The summed E-state index contributed by atoms with van der Waals surface area (Å²) in [6, 6.07) is -2.24. The van der Waals surface area contributed by atoms with E-state index in [0.717, 1.165) is 14.2 Å². The van der Waals surface area contributed by atoms with E-state index in [1.807, 2.05) is 0 Å². The first kappa shape index (κ1) is 45.9. The molecular weight excluding hydrogens is 830 g/mol. The summed E-state index contributed by atoms with van der Waals surface area (Å²) in [6.07, 6.45) is -31.1. The number of methoxy groups -OCH3 is 2. The van der Waals surface area contributed by atoms with Crippen molar-refractivity contribution in [2.75, 3.05) is 27.4 Å². The lowest BCUT2D eigenvalue weighted by Gasteiger charge is -2.48. The zero-order valence-electron chi connectivity index (χ0n) is 26.5. The third-order valence-corrected chi connectivity index (χ3v) is 9.38. The summed E-state index contributed by atoms with van der Waals surface area (Å²) >= 11 is 0. The van der Waals surface area contributed by atoms with Crippen LogP contribution in [0.3, 0.4) is 0 Å². The summed E-state index contributed by atoms with van der Waals surface area (Å²) in [7, 11) is -19.2. The minimum absolute atomic E-state index is 0.928. The summed E-state index contributed by atoms with van der Waals surface area (Å²) < 4.78 is 179. The van der Waals surface area contributed by atoms with Crippen molar-refractivity contribution in [3.63, 3.8) is 0 Å². The molecule has 0 spiro atoms. The molecule has 3 aliphatic rings. The molecule has 3 fully saturated rings. The van der Waals surface area contributed by atoms with E-state index in [-0.39, 0.29) is 0 Å². The minimum atomic E-state index is -5.47. The van der Waals surface area contributed by atoms with E-state index in [1.54, 1.807) is 0 Å². The molecule has 0 aromatic heterocycles. The third kappa shape index (κ3) is 12.8. The Hall–Kier alpha value is -1.49. The summed E-state index contributed by atoms with van der Waals surface area (Å²) in [4.78, 5) is 12.3. The smallest absolute Gasteiger partial charge is 0.397 e. The number of hydrogen-bond donors (Lipinski definition) is 10. The SMILES string of the molecule is CO[C@@H]1[C@@H](OS(=O)(=O)O)[C@@H](O[C@H]2[C@H](O)[C@@H](O)[C@H](O[C@H]3[C@H](O)[C@@H](NS(=O)(=O)O)C(O)O[C@@H]3COS(=O)(=O)O)O[C@@H]2C(=O)O)O[C@H](COS(=O)(=O)O)[C@H]1OC. The number of carboxylic acids is 1. The fourth-order valence-electron chi connectivity index (χ4n) is 5.37. The van der Waals surface area contributed by atoms with Crippen molar-refractivity contribution in [2.24, 2.45) is 0 Å². The van der Waals surface area contributed by atoms with E-state index < -0.39 is 153 Å². The van der Waals surface area contributed by atoms with Gasteiger partial charge in [-0.3, -0.25) is 18.2 Å². The van der Waals surface area contributed by atoms with Crippen LogP contribution in [0.1, 0.15) is 0 Å². The summed E-state index contributed by atoms with van der Waals surface area (Å²) in [5.74, 6) is -2.05. The average molecular weight is 866 g/mol. The van der Waals surface area contributed by atoms with E-state index >= 15 is 0 Å². The molecule has 33 heteroatoms. The molecule has 0 saturated carbocycles. The second-order valence-electron chi connectivity index (χ2n) is 11.0. The van der Waals surface area contributed by atoms with Gasteiger partial charge in [0.15, 0.2) is 31.1 Å². The number of aliphatic carboxylic acids is 1. The van der Waals surface area contributed by atoms with Crippen LogP contribution < -0.4 is 4.72 Å². The van der Waals surface area contributed by atoms with E-state index in [4.69, 9.17) is 46.8 Å². The molecule has 0 amide bonds. The fraction of sp³-hybridized carbons (Fsp3) is 0.950. The maximum atomic E-state index is 12.3. The van der Waals surface area contributed by atoms with Gasteiger partial charge in [-0.15, -0.1) is 0 Å². The molecule has 15 atom stereocenters. The van der Waals surface area contributed by atoms with E-state index in [0.29, 0.717) is 0 Å². The largest absolute Gasteiger partial charge is 0.479 e. The molecule has 3 rings (SSSR count). The van der Waals surface area contributed by atoms with Gasteiger partial charge in [-0.1, -0.05) is 0 Å². The predicted octanol–water partition coefficient (Wildman–Crippen LogP) is -7.29. The zero-order chi connectivity index (χ0) is 40.4. The number of nitrogens with one attached hydrogen (secondary N) is 1. The van der Waals surface area contributed by atoms with Crippen molar-refractivity contribution in [3.05, 3.63) is 0 Å². The highest BCUT2D eigenvalue weighted by Crippen LogP contribution is 2.35. The third-order valence-electron chi connectivity index (χ3n) is 7.48. The van der Waals surface area contributed by atoms with Crippen LogP contribution in [0.25, 0.3) is 0 Å². The predicted molar refractivity (Wildman–Crippen MR) is 155 cm³/mol. The van der Waals surface area contributed by atoms with Crippen molar-refractivity contribution in [2.45, 2.75) is 92.1 Å². The number of ether oxygens (including phenoxy) is 7. The second kappa shape index (κ2) is 17.8. The molecule has 3 saturated heterocycles. The molecule has 0 aromatic carbocycles. The molecule has 10 N–H and O–H groups in total. The summed E-state index contributed by atoms with van der Waals surface area (Å²) in [5, 5.41) is 52.9. The van der Waals surface area contributed by atoms with Crippen molar-refractivity contribution in [1.29, 1.82) is 0 Å². The number of hydrogen-bond acceptors (Lipinski definition) is 23. The van der Waals surface area contributed by atoms with Crippen molar-refractivity contribution < 1.29 is 128 Å². The highest BCUT2D eigenvalue weighted by atomic mass is 32.3. The van der Waals surface area contributed by atoms with Crippen LogP contribution in [0.4, 0.5) is 0 Å². The molecule has 3 aliphatic heterocycles. The van der Waals surface area contributed by atoms with Gasteiger partial charge in [0, 0.05) is 14.2 Å². The van der Waals surface area contributed by atoms with Crippen LogP contribution in [0, 0.1) is 0 Å². The van der Waals surface area contributed by atoms with E-state index in [2.05, 4.69) is 12.5 Å². The zero-order valence-corrected chi connectivity index (χ0v) is 29.8. The highest BCUT2D eigenvalue weighted by Gasteiger charge is 2.57. The molecule has 3 heterocycles. The topological polar surface area (TPSA) is 440 Å². The molecule has 0 aliphatic carbocycles. The molecule has 53 heavy (non-hydrogen) atoms. The Morgan fingerprint density at radius 3 is 1.58 bits per heavy atom. The first-order chi connectivity index (χ1) is 24.2. The Labute approximate surface area is 299 Å². The molecule has 312 valence electrons. The quantitative estimate of drug-likeness (QED) is 0.0607. The van der Waals surface area contributed by atoms with Crippen LogP contribution in [-0.2, 0) is 92.0 Å². The van der Waals surface area contributed by atoms with Gasteiger partial charge in [0.2, 0.25) is 0 Å². The maximum Gasteiger partial charge on any atom is 0.397 e. The molecule has 0 radical (unpaired) electrons. The first-order valence-electron chi connectivity index (χ1n) is 14.1. The van der Waals surface area contributed by atoms with Gasteiger partial charge < -0.3 is 58.7 Å². The summed E-state index contributed by atoms with van der Waals surface area (Å²) in [6.45, 7) is -2.44. The maximum absolute atomic E-state index is 12.3. The van der Waals surface area contributed by atoms with Gasteiger partial charge in [-0.2, -0.15) is 38.4 Å². The lowest BCUT2D eigenvalue weighted by atomic mass is 9.95. The minimum Gasteiger partial charge on any atom is -0.479 e. The van der Waals surface area contributed by atoms with Crippen molar-refractivity contribution in [3.8, 4) is 0 Å². The number of rotatable bonds is 17. The van der Waals surface area contributed by atoms with Crippen LogP contribution in [0.2, 0.25) is 0 Å². The van der Waals surface area contributed by atoms with Gasteiger partial charge in [0.25, 0.3) is 0 Å². The second-order valence-corrected chi connectivity index (χ2v) is 15.4. The summed E-state index contributed by atoms with van der Waals surface area (Å²) in [5.41, 5.74) is 0. The number of aliphatic hydroxyl groups excluding tert-OH is 4. The molecule has 0 bridgehead atoms. The molecule has 1 unspecified atom stereocenters. The standard InChI is InChI=1S/C20H35NO28S4/c1-40-12-6(4-43-52(34,35)36)45-20(16(14(12)41-2)49-53(37,38)39)47-13-9(23)10(24)19(48-15(13)17(25)26)46-11-5(3-42-51(31,32)33)44-18(27)7(8(11)22)21-50(28,29)30/h5-16,18-24,27H,3-4H2,1-2H3,(H,25,26)(H,28,29,30)(H,31,32,33)(H,34,35,36)(H,37,38,39)/t5-,6-,7-,8-,9-,10-,11-,12-,13+,14+,15+,16-,18?,19-,20-/m1/s1. The van der Waals surface area contributed by atoms with Crippen molar-refractivity contribution in [1.82, 2.24) is 4.72 Å². The van der Waals surface area contributed by atoms with Crippen LogP contribution >= 0.6 is 0 Å². The van der Waals surface area contributed by atoms with Gasteiger partial charge in [0.1, 0.15) is 61.0 Å². The van der Waals surface area contributed by atoms with Gasteiger partial charge >= 0.3 is 47.5 Å². The lowest BCUT2D eigenvalue weighted by molar-refractivity contribution is -0.367. The van der Waals surface area contributed by atoms with Gasteiger partial charge in [-0.25, -0.2) is 17.3 Å². The van der Waals surface area contributed by atoms with E-state index in [9.17, 15) is 68.6 Å². The Balaban J connectivity index is 1.97. The van der Waals surface area contributed by atoms with E-state index in [1.165, 1.54) is 4.72 Å². The van der Waals surface area contributed by atoms with Gasteiger partial charge in [0.05, 0.1) is 13.2 Å². The number of carbonyl (C=O) groups is 1. The average Bonchev–Trinajstić information content (AvgIpc) is 3.00. The molecule has 0 aromatic rings. The van der Waals surface area contributed by atoms with Crippen LogP contribution in [0.5, 0.6) is 0 Å². The normalized spacial score (nSPS) is 39.1. The van der Waals surface area contributed by atoms with Crippen LogP contribution in [-0.4, -0.2) is 203 Å².